The maximum atomic E-state index is 11.9. The summed E-state index contributed by atoms with van der Waals surface area (Å²) in [4.78, 5) is 17.2. The lowest BCUT2D eigenvalue weighted by Crippen LogP contribution is -2.17. The van der Waals surface area contributed by atoms with Gasteiger partial charge in [-0.2, -0.15) is 0 Å². The number of hydrogen-bond acceptors (Lipinski definition) is 5. The van der Waals surface area contributed by atoms with Gasteiger partial charge in [0.2, 0.25) is 0 Å². The van der Waals surface area contributed by atoms with Gasteiger partial charge in [0, 0.05) is 10.9 Å². The van der Waals surface area contributed by atoms with Crippen molar-refractivity contribution in [3.63, 3.8) is 0 Å². The first-order valence-electron chi connectivity index (χ1n) is 7.93. The summed E-state index contributed by atoms with van der Waals surface area (Å²) < 4.78 is 5.99. The van der Waals surface area contributed by atoms with E-state index in [-0.39, 0.29) is 5.91 Å². The van der Waals surface area contributed by atoms with Gasteiger partial charge >= 0.3 is 0 Å². The zero-order valence-electron chi connectivity index (χ0n) is 13.9. The third-order valence-electron chi connectivity index (χ3n) is 4.04. The summed E-state index contributed by atoms with van der Waals surface area (Å²) in [6, 6.07) is 17.8. The number of fused-ring (bicyclic) bond motifs is 1. The Kier molecular flexibility index (Phi) is 4.44. The van der Waals surface area contributed by atoms with Crippen molar-refractivity contribution in [3.8, 4) is 17.0 Å². The number of nitrogens with one attached hydrogen (secondary N) is 1. The van der Waals surface area contributed by atoms with Gasteiger partial charge in [-0.25, -0.2) is 4.98 Å². The van der Waals surface area contributed by atoms with Gasteiger partial charge in [0.25, 0.3) is 5.91 Å². The van der Waals surface area contributed by atoms with Crippen LogP contribution in [0.3, 0.4) is 0 Å². The summed E-state index contributed by atoms with van der Waals surface area (Å²) >= 11 is 6.30. The molecule has 1 aromatic heterocycles. The number of aromatic nitrogens is 1. The number of methoxy groups -OCH3 is 1. The van der Waals surface area contributed by atoms with E-state index in [9.17, 15) is 4.79 Å². The van der Waals surface area contributed by atoms with Crippen molar-refractivity contribution in [2.75, 3.05) is 7.11 Å². The van der Waals surface area contributed by atoms with Crippen molar-refractivity contribution in [1.29, 1.82) is 0 Å². The fourth-order valence-corrected chi connectivity index (χ4v) is 3.85. The molecule has 2 heterocycles. The Morgan fingerprint density at radius 3 is 2.77 bits per heavy atom. The number of carbonyl (C=O) groups excluding carboxylic acids is 1. The molecule has 1 saturated heterocycles. The van der Waals surface area contributed by atoms with E-state index < -0.39 is 0 Å². The molecule has 1 fully saturated rings. The van der Waals surface area contributed by atoms with E-state index in [1.165, 1.54) is 11.8 Å². The molecule has 26 heavy (non-hydrogen) atoms. The molecule has 0 radical (unpaired) electrons. The predicted molar refractivity (Wildman–Crippen MR) is 110 cm³/mol. The van der Waals surface area contributed by atoms with Gasteiger partial charge in [-0.05, 0) is 35.9 Å². The van der Waals surface area contributed by atoms with Crippen molar-refractivity contribution in [3.05, 3.63) is 65.1 Å². The second-order valence-corrected chi connectivity index (χ2v) is 7.42. The summed E-state index contributed by atoms with van der Waals surface area (Å²) in [5.74, 6) is 0.565. The minimum Gasteiger partial charge on any atom is -0.496 e. The molecule has 0 bridgehead atoms. The summed E-state index contributed by atoms with van der Waals surface area (Å²) in [5, 5.41) is 3.71. The molecule has 2 aromatic carbocycles. The molecule has 0 spiro atoms. The third kappa shape index (κ3) is 3.21. The average Bonchev–Trinajstić information content (AvgIpc) is 2.98. The van der Waals surface area contributed by atoms with Crippen LogP contribution in [0.25, 0.3) is 28.2 Å². The first kappa shape index (κ1) is 16.8. The van der Waals surface area contributed by atoms with Crippen LogP contribution < -0.4 is 10.1 Å². The van der Waals surface area contributed by atoms with Crippen LogP contribution >= 0.6 is 24.0 Å². The van der Waals surface area contributed by atoms with Gasteiger partial charge in [0.05, 0.1) is 23.2 Å². The van der Waals surface area contributed by atoms with Crippen molar-refractivity contribution in [2.24, 2.45) is 0 Å². The number of pyridine rings is 1. The highest BCUT2D eigenvalue weighted by Crippen LogP contribution is 2.33. The topological polar surface area (TPSA) is 51.2 Å². The Morgan fingerprint density at radius 1 is 1.15 bits per heavy atom. The maximum absolute atomic E-state index is 11.9. The first-order valence-corrected chi connectivity index (χ1v) is 9.15. The van der Waals surface area contributed by atoms with Crippen molar-refractivity contribution in [1.82, 2.24) is 10.3 Å². The molecular formula is C20H14N2O2S2. The van der Waals surface area contributed by atoms with Crippen molar-refractivity contribution < 1.29 is 9.53 Å². The maximum Gasteiger partial charge on any atom is 0.263 e. The molecular weight excluding hydrogens is 364 g/mol. The molecule has 3 aromatic rings. The number of thioether (sulfide) groups is 1. The Morgan fingerprint density at radius 2 is 2.00 bits per heavy atom. The number of rotatable bonds is 3. The third-order valence-corrected chi connectivity index (χ3v) is 5.20. The highest BCUT2D eigenvalue weighted by atomic mass is 32.2. The van der Waals surface area contributed by atoms with Gasteiger partial charge in [0.1, 0.15) is 10.1 Å². The summed E-state index contributed by atoms with van der Waals surface area (Å²) in [6.07, 6.45) is 1.82. The quantitative estimate of drug-likeness (QED) is 0.541. The van der Waals surface area contributed by atoms with Gasteiger partial charge in [-0.3, -0.25) is 4.79 Å². The fraction of sp³-hybridized carbons (Fsp3) is 0.0500. The van der Waals surface area contributed by atoms with E-state index in [2.05, 4.69) is 5.32 Å². The smallest absolute Gasteiger partial charge is 0.263 e. The number of carbonyl (C=O) groups is 1. The number of benzene rings is 2. The van der Waals surface area contributed by atoms with Gasteiger partial charge in [-0.15, -0.1) is 0 Å². The lowest BCUT2D eigenvalue weighted by molar-refractivity contribution is -0.115. The minimum absolute atomic E-state index is 0.166. The van der Waals surface area contributed by atoms with Gasteiger partial charge in [0.15, 0.2) is 0 Å². The largest absolute Gasteiger partial charge is 0.496 e. The molecule has 6 heteroatoms. The average molecular weight is 378 g/mol. The number of nitrogens with zero attached hydrogens (tertiary/aromatic N) is 1. The monoisotopic (exact) mass is 378 g/mol. The van der Waals surface area contributed by atoms with Crippen LogP contribution in [0.2, 0.25) is 0 Å². The molecule has 128 valence electrons. The van der Waals surface area contributed by atoms with E-state index in [0.717, 1.165) is 33.5 Å². The number of ether oxygens (including phenoxy) is 1. The van der Waals surface area contributed by atoms with Gasteiger partial charge < -0.3 is 10.1 Å². The second kappa shape index (κ2) is 6.90. The first-order chi connectivity index (χ1) is 12.6. The molecule has 1 N–H and O–H groups in total. The molecule has 1 aliphatic heterocycles. The van der Waals surface area contributed by atoms with Crippen LogP contribution in [0.15, 0.2) is 59.5 Å². The van der Waals surface area contributed by atoms with Crippen LogP contribution in [0, 0.1) is 0 Å². The summed E-state index contributed by atoms with van der Waals surface area (Å²) in [5.41, 5.74) is 3.50. The highest BCUT2D eigenvalue weighted by molar-refractivity contribution is 8.26. The van der Waals surface area contributed by atoms with E-state index in [4.69, 9.17) is 21.9 Å². The van der Waals surface area contributed by atoms with Crippen molar-refractivity contribution in [2.45, 2.75) is 0 Å². The molecule has 0 aliphatic carbocycles. The Labute approximate surface area is 160 Å². The van der Waals surface area contributed by atoms with Crippen LogP contribution in [0.1, 0.15) is 5.56 Å². The molecule has 4 rings (SSSR count). The minimum atomic E-state index is -0.166. The summed E-state index contributed by atoms with van der Waals surface area (Å²) in [6.45, 7) is 0. The molecule has 1 amide bonds. The van der Waals surface area contributed by atoms with Crippen molar-refractivity contribution >= 4 is 51.2 Å². The molecule has 4 nitrogen and oxygen atoms in total. The molecule has 0 saturated carbocycles. The van der Waals surface area contributed by atoms with E-state index >= 15 is 0 Å². The fourth-order valence-electron chi connectivity index (χ4n) is 2.80. The molecule has 1 aliphatic rings. The van der Waals surface area contributed by atoms with Crippen LogP contribution in [0.4, 0.5) is 0 Å². The van der Waals surface area contributed by atoms with Gasteiger partial charge in [-0.1, -0.05) is 54.3 Å². The van der Waals surface area contributed by atoms with E-state index in [1.807, 2.05) is 60.7 Å². The lowest BCUT2D eigenvalue weighted by atomic mass is 10.0. The molecule has 0 unspecified atom stereocenters. The number of amides is 1. The Bertz CT molecular complexity index is 1080. The summed E-state index contributed by atoms with van der Waals surface area (Å²) in [7, 11) is 1.64. The lowest BCUT2D eigenvalue weighted by Gasteiger charge is -2.10. The standard InChI is InChI=1S/C20H14N2O2S2/c1-24-17-9-6-12(11-18-19(23)22-20(25)26-18)10-14(17)16-8-7-13-4-2-3-5-15(13)21-16/h2-11H,1H3,(H,22,23,25)/b18-11-. The number of para-hydroxylation sites is 1. The number of thiocarbonyl (C=S) groups is 1. The van der Waals surface area contributed by atoms with E-state index in [1.54, 1.807) is 7.11 Å². The highest BCUT2D eigenvalue weighted by Gasteiger charge is 2.22. The van der Waals surface area contributed by atoms with Crippen LogP contribution in [-0.4, -0.2) is 22.3 Å². The predicted octanol–water partition coefficient (Wildman–Crippen LogP) is 4.40. The Hall–Kier alpha value is -2.70. The zero-order chi connectivity index (χ0) is 18.1. The Balaban J connectivity index is 1.80. The number of hydrogen-bond donors (Lipinski definition) is 1. The van der Waals surface area contributed by atoms with Crippen LogP contribution in [-0.2, 0) is 4.79 Å². The van der Waals surface area contributed by atoms with Crippen LogP contribution in [0.5, 0.6) is 5.75 Å². The zero-order valence-corrected chi connectivity index (χ0v) is 15.5. The normalized spacial score (nSPS) is 15.5. The SMILES string of the molecule is COc1ccc(/C=C2\SC(=S)NC2=O)cc1-c1ccc2ccccc2n1. The van der Waals surface area contributed by atoms with E-state index in [0.29, 0.717) is 9.23 Å². The second-order valence-electron chi connectivity index (χ2n) is 5.70. The molecule has 0 atom stereocenters.